The summed E-state index contributed by atoms with van der Waals surface area (Å²) in [6.07, 6.45) is 3.90. The van der Waals surface area contributed by atoms with E-state index in [1.54, 1.807) is 0 Å². The smallest absolute Gasteiger partial charge is 0.128 e. The third kappa shape index (κ3) is 3.08. The first kappa shape index (κ1) is 22.5. The van der Waals surface area contributed by atoms with Crippen molar-refractivity contribution in [2.45, 2.75) is 27.7 Å². The topological polar surface area (TPSA) is 35.1 Å². The van der Waals surface area contributed by atoms with Gasteiger partial charge in [-0.25, -0.2) is 4.98 Å². The van der Waals surface area contributed by atoms with E-state index in [9.17, 15) is 0 Å². The Morgan fingerprint density at radius 2 is 1.41 bits per heavy atom. The van der Waals surface area contributed by atoms with Crippen molar-refractivity contribution in [1.82, 2.24) is 18.9 Å². The van der Waals surface area contributed by atoms with Crippen molar-refractivity contribution in [2.24, 2.45) is 7.05 Å². The molecule has 0 aliphatic carbocycles. The summed E-state index contributed by atoms with van der Waals surface area (Å²) < 4.78 is 4.35. The Morgan fingerprint density at radius 1 is 0.794 bits per heavy atom. The number of pyridine rings is 1. The second kappa shape index (κ2) is 8.19. The maximum Gasteiger partial charge on any atom is 0.128 e. The van der Waals surface area contributed by atoms with Crippen LogP contribution >= 0.6 is 0 Å². The van der Waals surface area contributed by atoms with Crippen LogP contribution in [-0.2, 0) is 27.2 Å². The molecular formula is C29H25IrN4-. The van der Waals surface area contributed by atoms with Crippen LogP contribution in [-0.4, -0.2) is 18.9 Å². The molecule has 0 atom stereocenters. The van der Waals surface area contributed by atoms with Gasteiger partial charge in [-0.3, -0.25) is 4.98 Å². The van der Waals surface area contributed by atoms with Gasteiger partial charge in [0.15, 0.2) is 0 Å². The molecule has 171 valence electrons. The van der Waals surface area contributed by atoms with E-state index in [-0.39, 0.29) is 20.1 Å². The van der Waals surface area contributed by atoms with Gasteiger partial charge >= 0.3 is 0 Å². The van der Waals surface area contributed by atoms with E-state index in [1.807, 2.05) is 18.6 Å². The van der Waals surface area contributed by atoms with E-state index in [0.29, 0.717) is 0 Å². The van der Waals surface area contributed by atoms with Crippen LogP contribution in [0.1, 0.15) is 22.3 Å². The monoisotopic (exact) mass is 622 g/mol. The molecular weight excluding hydrogens is 597 g/mol. The van der Waals surface area contributed by atoms with Gasteiger partial charge in [0.2, 0.25) is 0 Å². The molecule has 1 radical (unpaired) electrons. The fourth-order valence-electron chi connectivity index (χ4n) is 5.37. The molecule has 5 heteroatoms. The van der Waals surface area contributed by atoms with E-state index in [2.05, 4.69) is 92.2 Å². The second-order valence-corrected chi connectivity index (χ2v) is 9.01. The number of nitrogens with zero attached hydrogens (tertiary/aromatic N) is 4. The number of aromatic nitrogens is 4. The van der Waals surface area contributed by atoms with Crippen molar-refractivity contribution in [1.29, 1.82) is 0 Å². The van der Waals surface area contributed by atoms with E-state index in [0.717, 1.165) is 33.3 Å². The fraction of sp³-hybridized carbons (Fsp3) is 0.172. The average molecular weight is 622 g/mol. The van der Waals surface area contributed by atoms with Gasteiger partial charge in [-0.2, -0.15) is 0 Å². The molecule has 0 saturated carbocycles. The molecule has 4 nitrogen and oxygen atoms in total. The zero-order valence-corrected chi connectivity index (χ0v) is 22.3. The van der Waals surface area contributed by atoms with Crippen molar-refractivity contribution in [3.05, 3.63) is 89.4 Å². The molecule has 3 aromatic heterocycles. The van der Waals surface area contributed by atoms with Gasteiger partial charge in [0.1, 0.15) is 5.65 Å². The molecule has 34 heavy (non-hydrogen) atoms. The first-order chi connectivity index (χ1) is 16.0. The molecule has 3 heterocycles. The molecule has 0 fully saturated rings. The Labute approximate surface area is 212 Å². The van der Waals surface area contributed by atoms with Crippen LogP contribution in [0.3, 0.4) is 0 Å². The van der Waals surface area contributed by atoms with Crippen LogP contribution in [0.2, 0.25) is 0 Å². The van der Waals surface area contributed by atoms with Crippen LogP contribution in [0.5, 0.6) is 0 Å². The summed E-state index contributed by atoms with van der Waals surface area (Å²) in [6, 6.07) is 20.6. The van der Waals surface area contributed by atoms with Crippen molar-refractivity contribution < 1.29 is 20.1 Å². The fourth-order valence-corrected chi connectivity index (χ4v) is 5.37. The minimum Gasteiger partial charge on any atom is -0.321 e. The van der Waals surface area contributed by atoms with E-state index in [4.69, 9.17) is 9.97 Å². The number of benzene rings is 3. The predicted octanol–water partition coefficient (Wildman–Crippen LogP) is 6.74. The van der Waals surface area contributed by atoms with Gasteiger partial charge in [-0.1, -0.05) is 52.7 Å². The summed E-state index contributed by atoms with van der Waals surface area (Å²) >= 11 is 0. The van der Waals surface area contributed by atoms with Crippen molar-refractivity contribution in [3.63, 3.8) is 0 Å². The largest absolute Gasteiger partial charge is 0.321 e. The molecule has 0 aliphatic heterocycles. The van der Waals surface area contributed by atoms with Gasteiger partial charge in [0, 0.05) is 38.9 Å². The molecule has 6 aromatic rings. The van der Waals surface area contributed by atoms with Crippen LogP contribution in [0.4, 0.5) is 0 Å². The summed E-state index contributed by atoms with van der Waals surface area (Å²) in [7, 11) is 2.06. The quantitative estimate of drug-likeness (QED) is 0.201. The van der Waals surface area contributed by atoms with Crippen LogP contribution < -0.4 is 0 Å². The SMILES string of the molecule is Cc1cccc(C)c1-c1cc[c-]c2c1c1ncn(C)c1n1c(-c3c(C)cccc3C)cnc21.[Ir]. The van der Waals surface area contributed by atoms with E-state index < -0.39 is 0 Å². The van der Waals surface area contributed by atoms with Crippen LogP contribution in [0, 0.1) is 33.8 Å². The van der Waals surface area contributed by atoms with Crippen molar-refractivity contribution in [3.8, 4) is 22.4 Å². The number of imidazole rings is 2. The van der Waals surface area contributed by atoms with Gasteiger partial charge in [0.05, 0.1) is 23.2 Å². The van der Waals surface area contributed by atoms with Gasteiger partial charge in [0.25, 0.3) is 0 Å². The minimum absolute atomic E-state index is 0. The van der Waals surface area contributed by atoms with Gasteiger partial charge in [-0.15, -0.1) is 18.2 Å². The molecule has 3 aromatic carbocycles. The number of fused-ring (bicyclic) bond motifs is 6. The van der Waals surface area contributed by atoms with Crippen molar-refractivity contribution in [2.75, 3.05) is 0 Å². The number of hydrogen-bond acceptors (Lipinski definition) is 2. The summed E-state index contributed by atoms with van der Waals surface area (Å²) in [4.78, 5) is 9.84. The number of rotatable bonds is 2. The Balaban J connectivity index is 0.00000241. The third-order valence-electron chi connectivity index (χ3n) is 6.82. The molecule has 6 rings (SSSR count). The van der Waals surface area contributed by atoms with Gasteiger partial charge in [-0.05, 0) is 55.5 Å². The third-order valence-corrected chi connectivity index (χ3v) is 6.82. The van der Waals surface area contributed by atoms with Crippen LogP contribution in [0.15, 0.2) is 61.1 Å². The molecule has 0 saturated heterocycles. The Kier molecular flexibility index (Phi) is 5.43. The molecule has 0 unspecified atom stereocenters. The number of hydrogen-bond donors (Lipinski definition) is 0. The van der Waals surface area contributed by atoms with E-state index in [1.165, 1.54) is 38.9 Å². The summed E-state index contributed by atoms with van der Waals surface area (Å²) in [6.45, 7) is 8.67. The summed E-state index contributed by atoms with van der Waals surface area (Å²) in [5.74, 6) is 0. The Morgan fingerprint density at radius 3 is 2.06 bits per heavy atom. The Hall–Kier alpha value is -3.27. The molecule has 0 N–H and O–H groups in total. The minimum atomic E-state index is 0. The number of aryl methyl sites for hydroxylation is 5. The Bertz CT molecular complexity index is 1680. The zero-order valence-electron chi connectivity index (χ0n) is 19.9. The second-order valence-electron chi connectivity index (χ2n) is 9.01. The molecule has 0 amide bonds. The molecule has 0 spiro atoms. The van der Waals surface area contributed by atoms with Crippen molar-refractivity contribution >= 4 is 27.6 Å². The zero-order chi connectivity index (χ0) is 22.9. The standard InChI is InChI=1S/C29H25N4.Ir/c1-17-9-6-10-18(2)24(17)21-13-8-14-22-26(21)27-29(32(5)16-31-27)33-23(15-30-28(22)33)25-19(3)11-7-12-20(25)4;/h6-13,15-16H,1-5H3;/q-1;. The maximum absolute atomic E-state index is 4.95. The molecule has 0 bridgehead atoms. The predicted molar refractivity (Wildman–Crippen MR) is 136 cm³/mol. The first-order valence-electron chi connectivity index (χ1n) is 11.3. The average Bonchev–Trinajstić information content (AvgIpc) is 3.38. The molecule has 0 aliphatic rings. The first-order valence-corrected chi connectivity index (χ1v) is 11.3. The van der Waals surface area contributed by atoms with Crippen LogP contribution in [0.25, 0.3) is 50.0 Å². The summed E-state index contributed by atoms with van der Waals surface area (Å²) in [5.41, 5.74) is 12.7. The normalized spacial score (nSPS) is 11.4. The van der Waals surface area contributed by atoms with E-state index >= 15 is 0 Å². The summed E-state index contributed by atoms with van der Waals surface area (Å²) in [5, 5.41) is 2.11. The maximum atomic E-state index is 4.95. The van der Waals surface area contributed by atoms with Gasteiger partial charge < -0.3 is 8.97 Å².